The fraction of sp³-hybridized carbons (Fsp3) is 0.364. The number of carbonyl (C=O) groups excluding carboxylic acids is 1. The van der Waals surface area contributed by atoms with Crippen LogP contribution in [0.1, 0.15) is 13.8 Å². The molecule has 0 saturated heterocycles. The first-order valence-corrected chi connectivity index (χ1v) is 4.87. The SMILES string of the molecule is CC(C)(O)[C@H]1Nc2ccccc2NC1=O. The first-order valence-electron chi connectivity index (χ1n) is 4.87. The zero-order valence-electron chi connectivity index (χ0n) is 8.74. The number of amides is 1. The van der Waals surface area contributed by atoms with Crippen molar-refractivity contribution in [1.29, 1.82) is 0 Å². The molecule has 1 aromatic rings. The van der Waals surface area contributed by atoms with Crippen molar-refractivity contribution >= 4 is 17.3 Å². The molecule has 4 nitrogen and oxygen atoms in total. The Bertz CT molecular complexity index is 396. The van der Waals surface area contributed by atoms with Gasteiger partial charge in [0.25, 0.3) is 0 Å². The van der Waals surface area contributed by atoms with Crippen LogP contribution in [0.3, 0.4) is 0 Å². The van der Waals surface area contributed by atoms with E-state index >= 15 is 0 Å². The van der Waals surface area contributed by atoms with Gasteiger partial charge in [-0.2, -0.15) is 0 Å². The maximum atomic E-state index is 11.7. The Morgan fingerprint density at radius 3 is 2.47 bits per heavy atom. The summed E-state index contributed by atoms with van der Waals surface area (Å²) in [5.74, 6) is -0.207. The lowest BCUT2D eigenvalue weighted by atomic mass is 9.96. The first-order chi connectivity index (χ1) is 6.98. The van der Waals surface area contributed by atoms with Crippen LogP contribution in [0.4, 0.5) is 11.4 Å². The van der Waals surface area contributed by atoms with E-state index in [1.165, 1.54) is 0 Å². The standard InChI is InChI=1S/C11H14N2O2/c1-11(2,15)9-10(14)13-8-6-4-3-5-7(8)12-9/h3-6,9,12,15H,1-2H3,(H,13,14)/t9-/m0/s1. The highest BCUT2D eigenvalue weighted by atomic mass is 16.3. The number of carbonyl (C=O) groups is 1. The minimum absolute atomic E-state index is 0.207. The lowest BCUT2D eigenvalue weighted by Crippen LogP contribution is -2.52. The third kappa shape index (κ3) is 1.80. The van der Waals surface area contributed by atoms with E-state index in [-0.39, 0.29) is 5.91 Å². The molecular formula is C11H14N2O2. The van der Waals surface area contributed by atoms with Crippen LogP contribution in [0.5, 0.6) is 0 Å². The molecule has 0 bridgehead atoms. The second-order valence-corrected chi connectivity index (χ2v) is 4.27. The van der Waals surface area contributed by atoms with Crippen molar-refractivity contribution in [2.45, 2.75) is 25.5 Å². The summed E-state index contributed by atoms with van der Waals surface area (Å²) in [4.78, 5) is 11.7. The molecule has 0 fully saturated rings. The van der Waals surface area contributed by atoms with Gasteiger partial charge in [-0.05, 0) is 26.0 Å². The van der Waals surface area contributed by atoms with Gasteiger partial charge in [0.15, 0.2) is 0 Å². The third-order valence-electron chi connectivity index (χ3n) is 2.45. The molecule has 4 heteroatoms. The van der Waals surface area contributed by atoms with Crippen LogP contribution in [0, 0.1) is 0 Å². The molecule has 0 aliphatic carbocycles. The smallest absolute Gasteiger partial charge is 0.249 e. The molecule has 0 saturated carbocycles. The van der Waals surface area contributed by atoms with Crippen LogP contribution >= 0.6 is 0 Å². The number of para-hydroxylation sites is 2. The van der Waals surface area contributed by atoms with Gasteiger partial charge in [0.1, 0.15) is 6.04 Å². The first kappa shape index (κ1) is 9.98. The summed E-state index contributed by atoms with van der Waals surface area (Å²) in [7, 11) is 0. The van der Waals surface area contributed by atoms with Crippen molar-refractivity contribution in [3.05, 3.63) is 24.3 Å². The van der Waals surface area contributed by atoms with Crippen molar-refractivity contribution < 1.29 is 9.90 Å². The second-order valence-electron chi connectivity index (χ2n) is 4.27. The summed E-state index contributed by atoms with van der Waals surface area (Å²) >= 11 is 0. The number of benzene rings is 1. The zero-order valence-corrected chi connectivity index (χ0v) is 8.74. The van der Waals surface area contributed by atoms with Crippen molar-refractivity contribution in [2.24, 2.45) is 0 Å². The highest BCUT2D eigenvalue weighted by Crippen LogP contribution is 2.28. The monoisotopic (exact) mass is 206 g/mol. The highest BCUT2D eigenvalue weighted by molar-refractivity contribution is 6.03. The van der Waals surface area contributed by atoms with Gasteiger partial charge in [0.2, 0.25) is 5.91 Å². The van der Waals surface area contributed by atoms with Crippen LogP contribution < -0.4 is 10.6 Å². The molecular weight excluding hydrogens is 192 g/mol. The average Bonchev–Trinajstić information content (AvgIpc) is 2.15. The molecule has 2 rings (SSSR count). The maximum Gasteiger partial charge on any atom is 0.249 e. The predicted molar refractivity (Wildman–Crippen MR) is 58.8 cm³/mol. The maximum absolute atomic E-state index is 11.7. The summed E-state index contributed by atoms with van der Waals surface area (Å²) in [6.45, 7) is 3.22. The van der Waals surface area contributed by atoms with Gasteiger partial charge in [0.05, 0.1) is 17.0 Å². The summed E-state index contributed by atoms with van der Waals surface area (Å²) in [5.41, 5.74) is 0.504. The highest BCUT2D eigenvalue weighted by Gasteiger charge is 2.36. The Labute approximate surface area is 88.3 Å². The van der Waals surface area contributed by atoms with Gasteiger partial charge >= 0.3 is 0 Å². The fourth-order valence-electron chi connectivity index (χ4n) is 1.64. The third-order valence-corrected chi connectivity index (χ3v) is 2.45. The van der Waals surface area contributed by atoms with Gasteiger partial charge in [-0.15, -0.1) is 0 Å². The van der Waals surface area contributed by atoms with Crippen molar-refractivity contribution in [1.82, 2.24) is 0 Å². The van der Waals surface area contributed by atoms with Crippen LogP contribution in [0.2, 0.25) is 0 Å². The molecule has 1 aliphatic rings. The molecule has 0 radical (unpaired) electrons. The topological polar surface area (TPSA) is 61.4 Å². The van der Waals surface area contributed by atoms with E-state index in [0.29, 0.717) is 0 Å². The van der Waals surface area contributed by atoms with Gasteiger partial charge in [-0.3, -0.25) is 4.79 Å². The van der Waals surface area contributed by atoms with E-state index in [1.807, 2.05) is 24.3 Å². The van der Waals surface area contributed by atoms with E-state index in [0.717, 1.165) is 11.4 Å². The van der Waals surface area contributed by atoms with Crippen LogP contribution in [-0.2, 0) is 4.79 Å². The summed E-state index contributed by atoms with van der Waals surface area (Å²) < 4.78 is 0. The molecule has 1 heterocycles. The van der Waals surface area contributed by atoms with E-state index in [4.69, 9.17) is 0 Å². The predicted octanol–water partition coefficient (Wildman–Crippen LogP) is 1.19. The minimum Gasteiger partial charge on any atom is -0.388 e. The molecule has 3 N–H and O–H groups in total. The quantitative estimate of drug-likeness (QED) is 0.646. The summed E-state index contributed by atoms with van der Waals surface area (Å²) in [6.07, 6.45) is 0. The van der Waals surface area contributed by atoms with E-state index in [1.54, 1.807) is 13.8 Å². The molecule has 80 valence electrons. The largest absolute Gasteiger partial charge is 0.388 e. The van der Waals surface area contributed by atoms with Crippen molar-refractivity contribution in [2.75, 3.05) is 10.6 Å². The molecule has 1 amide bonds. The van der Waals surface area contributed by atoms with Crippen LogP contribution in [0.25, 0.3) is 0 Å². The van der Waals surface area contributed by atoms with E-state index in [9.17, 15) is 9.90 Å². The van der Waals surface area contributed by atoms with Gasteiger partial charge < -0.3 is 15.7 Å². The molecule has 15 heavy (non-hydrogen) atoms. The van der Waals surface area contributed by atoms with E-state index in [2.05, 4.69) is 10.6 Å². The van der Waals surface area contributed by atoms with Crippen molar-refractivity contribution in [3.8, 4) is 0 Å². The summed E-state index contributed by atoms with van der Waals surface area (Å²) in [5, 5.41) is 15.6. The van der Waals surface area contributed by atoms with E-state index < -0.39 is 11.6 Å². The Balaban J connectivity index is 2.34. The normalized spacial score (nSPS) is 20.2. The van der Waals surface area contributed by atoms with Crippen LogP contribution in [-0.4, -0.2) is 22.7 Å². The zero-order chi connectivity index (χ0) is 11.1. The number of nitrogens with one attached hydrogen (secondary N) is 2. The fourth-order valence-corrected chi connectivity index (χ4v) is 1.64. The number of anilines is 2. The Morgan fingerprint density at radius 1 is 1.27 bits per heavy atom. The Hall–Kier alpha value is -1.55. The van der Waals surface area contributed by atoms with Crippen LogP contribution in [0.15, 0.2) is 24.3 Å². The van der Waals surface area contributed by atoms with Gasteiger partial charge in [-0.1, -0.05) is 12.1 Å². The molecule has 0 aromatic heterocycles. The molecule has 0 unspecified atom stereocenters. The van der Waals surface area contributed by atoms with Gasteiger partial charge in [-0.25, -0.2) is 0 Å². The second kappa shape index (κ2) is 3.24. The summed E-state index contributed by atoms with van der Waals surface area (Å²) in [6, 6.07) is 6.80. The lowest BCUT2D eigenvalue weighted by molar-refractivity contribution is -0.121. The lowest BCUT2D eigenvalue weighted by Gasteiger charge is -2.34. The minimum atomic E-state index is -1.09. The Morgan fingerprint density at radius 2 is 1.87 bits per heavy atom. The molecule has 1 aliphatic heterocycles. The molecule has 1 aromatic carbocycles. The Kier molecular flexibility index (Phi) is 2.16. The number of fused-ring (bicyclic) bond motifs is 1. The average molecular weight is 206 g/mol. The number of hydrogen-bond donors (Lipinski definition) is 3. The number of rotatable bonds is 1. The van der Waals surface area contributed by atoms with Crippen molar-refractivity contribution in [3.63, 3.8) is 0 Å². The number of aliphatic hydroxyl groups is 1. The number of hydrogen-bond acceptors (Lipinski definition) is 3. The molecule has 1 atom stereocenters. The molecule has 0 spiro atoms. The van der Waals surface area contributed by atoms with Gasteiger partial charge in [0, 0.05) is 0 Å².